The minimum Gasteiger partial charge on any atom is -0.378 e. The molecule has 0 aromatic rings. The van der Waals surface area contributed by atoms with Crippen molar-refractivity contribution < 1.29 is 9.53 Å². The number of hydrogen-bond donors (Lipinski definition) is 2. The van der Waals surface area contributed by atoms with Gasteiger partial charge in [0, 0.05) is 19.2 Å². The van der Waals surface area contributed by atoms with E-state index < -0.39 is 0 Å². The molecule has 3 atom stereocenters. The Kier molecular flexibility index (Phi) is 4.35. The van der Waals surface area contributed by atoms with Gasteiger partial charge in [-0.2, -0.15) is 0 Å². The van der Waals surface area contributed by atoms with E-state index in [0.29, 0.717) is 13.2 Å². The first-order valence-corrected chi connectivity index (χ1v) is 5.30. The average molecular weight is 200 g/mol. The smallest absolute Gasteiger partial charge is 0.225 e. The van der Waals surface area contributed by atoms with E-state index in [-0.39, 0.29) is 24.0 Å². The molecule has 82 valence electrons. The van der Waals surface area contributed by atoms with Gasteiger partial charge in [-0.05, 0) is 19.8 Å². The van der Waals surface area contributed by atoms with E-state index in [4.69, 9.17) is 10.5 Å². The molecule has 1 saturated heterocycles. The van der Waals surface area contributed by atoms with Gasteiger partial charge in [0.05, 0.1) is 12.0 Å². The van der Waals surface area contributed by atoms with Crippen LogP contribution in [0.4, 0.5) is 0 Å². The molecule has 1 amide bonds. The molecule has 1 aliphatic rings. The molecule has 4 heteroatoms. The molecule has 0 aliphatic carbocycles. The summed E-state index contributed by atoms with van der Waals surface area (Å²) < 4.78 is 5.33. The molecule has 3 N–H and O–H groups in total. The zero-order chi connectivity index (χ0) is 10.6. The van der Waals surface area contributed by atoms with Gasteiger partial charge in [0.2, 0.25) is 5.91 Å². The third kappa shape index (κ3) is 2.96. The van der Waals surface area contributed by atoms with Crippen LogP contribution >= 0.6 is 0 Å². The van der Waals surface area contributed by atoms with E-state index in [1.54, 1.807) is 0 Å². The van der Waals surface area contributed by atoms with E-state index in [0.717, 1.165) is 12.8 Å². The first kappa shape index (κ1) is 11.5. The van der Waals surface area contributed by atoms with Crippen LogP contribution in [0.2, 0.25) is 0 Å². The van der Waals surface area contributed by atoms with Crippen LogP contribution in [0.5, 0.6) is 0 Å². The second kappa shape index (κ2) is 5.32. The number of amides is 1. The summed E-state index contributed by atoms with van der Waals surface area (Å²) in [6, 6.07) is 0.0663. The van der Waals surface area contributed by atoms with Crippen molar-refractivity contribution in [3.8, 4) is 0 Å². The molecule has 14 heavy (non-hydrogen) atoms. The van der Waals surface area contributed by atoms with Crippen LogP contribution in [-0.2, 0) is 9.53 Å². The molecule has 0 saturated carbocycles. The zero-order valence-corrected chi connectivity index (χ0v) is 8.95. The first-order valence-electron chi connectivity index (χ1n) is 5.30. The minimum absolute atomic E-state index is 0.0130. The van der Waals surface area contributed by atoms with Gasteiger partial charge in [0.25, 0.3) is 0 Å². The molecule has 0 aromatic carbocycles. The standard InChI is InChI=1S/C10H20N2O2/c1-3-8(11)6-12-10(13)9-4-5-14-7(9)2/h7-9H,3-6,11H2,1-2H3,(H,12,13). The van der Waals surface area contributed by atoms with Crippen LogP contribution in [0.1, 0.15) is 26.7 Å². The number of hydrogen-bond acceptors (Lipinski definition) is 3. The van der Waals surface area contributed by atoms with Gasteiger partial charge in [0.15, 0.2) is 0 Å². The summed E-state index contributed by atoms with van der Waals surface area (Å²) >= 11 is 0. The molecule has 0 spiro atoms. The lowest BCUT2D eigenvalue weighted by molar-refractivity contribution is -0.126. The molecule has 0 aromatic heterocycles. The predicted molar refractivity (Wildman–Crippen MR) is 54.8 cm³/mol. The van der Waals surface area contributed by atoms with Crippen LogP contribution in [-0.4, -0.2) is 31.2 Å². The molecule has 1 aliphatic heterocycles. The second-order valence-corrected chi connectivity index (χ2v) is 3.88. The molecule has 4 nitrogen and oxygen atoms in total. The lowest BCUT2D eigenvalue weighted by atomic mass is 10.0. The number of nitrogens with one attached hydrogen (secondary N) is 1. The van der Waals surface area contributed by atoms with E-state index >= 15 is 0 Å². The Labute approximate surface area is 85.2 Å². The van der Waals surface area contributed by atoms with Crippen molar-refractivity contribution in [3.63, 3.8) is 0 Å². The predicted octanol–water partition coefficient (Wildman–Crippen LogP) is 0.265. The van der Waals surface area contributed by atoms with E-state index in [1.165, 1.54) is 0 Å². The minimum atomic E-state index is 0.0130. The molecule has 1 fully saturated rings. The maximum absolute atomic E-state index is 11.6. The highest BCUT2D eigenvalue weighted by atomic mass is 16.5. The SMILES string of the molecule is CCC(N)CNC(=O)C1CCOC1C. The topological polar surface area (TPSA) is 64.3 Å². The van der Waals surface area contributed by atoms with Gasteiger partial charge < -0.3 is 15.8 Å². The Morgan fingerprint density at radius 1 is 1.71 bits per heavy atom. The van der Waals surface area contributed by atoms with Gasteiger partial charge in [0.1, 0.15) is 0 Å². The monoisotopic (exact) mass is 200 g/mol. The zero-order valence-electron chi connectivity index (χ0n) is 8.95. The summed E-state index contributed by atoms with van der Waals surface area (Å²) in [5, 5.41) is 2.86. The number of ether oxygens (including phenoxy) is 1. The number of carbonyl (C=O) groups excluding carboxylic acids is 1. The highest BCUT2D eigenvalue weighted by Gasteiger charge is 2.30. The lowest BCUT2D eigenvalue weighted by Gasteiger charge is -2.16. The Hall–Kier alpha value is -0.610. The van der Waals surface area contributed by atoms with Crippen molar-refractivity contribution in [3.05, 3.63) is 0 Å². The Balaban J connectivity index is 2.27. The van der Waals surface area contributed by atoms with Crippen molar-refractivity contribution in [2.45, 2.75) is 38.8 Å². The third-order valence-corrected chi connectivity index (χ3v) is 2.78. The van der Waals surface area contributed by atoms with Gasteiger partial charge in [-0.1, -0.05) is 6.92 Å². The number of nitrogens with two attached hydrogens (primary N) is 1. The van der Waals surface area contributed by atoms with Crippen molar-refractivity contribution in [2.24, 2.45) is 11.7 Å². The van der Waals surface area contributed by atoms with Crippen LogP contribution in [0.25, 0.3) is 0 Å². The average Bonchev–Trinajstić information content (AvgIpc) is 2.60. The van der Waals surface area contributed by atoms with Crippen molar-refractivity contribution in [1.29, 1.82) is 0 Å². The van der Waals surface area contributed by atoms with Crippen LogP contribution in [0.3, 0.4) is 0 Å². The van der Waals surface area contributed by atoms with Crippen molar-refractivity contribution in [1.82, 2.24) is 5.32 Å². The second-order valence-electron chi connectivity index (χ2n) is 3.88. The molecule has 1 heterocycles. The summed E-state index contributed by atoms with van der Waals surface area (Å²) in [6.07, 6.45) is 1.76. The summed E-state index contributed by atoms with van der Waals surface area (Å²) in [5.74, 6) is 0.0953. The van der Waals surface area contributed by atoms with Crippen LogP contribution < -0.4 is 11.1 Å². The highest BCUT2D eigenvalue weighted by molar-refractivity contribution is 5.79. The van der Waals surface area contributed by atoms with Gasteiger partial charge in [-0.3, -0.25) is 4.79 Å². The largest absolute Gasteiger partial charge is 0.378 e. The highest BCUT2D eigenvalue weighted by Crippen LogP contribution is 2.20. The molecule has 0 bridgehead atoms. The van der Waals surface area contributed by atoms with Gasteiger partial charge in [-0.25, -0.2) is 0 Å². The Morgan fingerprint density at radius 3 is 2.93 bits per heavy atom. The summed E-state index contributed by atoms with van der Waals surface area (Å²) in [6.45, 7) is 5.22. The maximum atomic E-state index is 11.6. The van der Waals surface area contributed by atoms with E-state index in [1.807, 2.05) is 13.8 Å². The quantitative estimate of drug-likeness (QED) is 0.684. The number of carbonyl (C=O) groups is 1. The first-order chi connectivity index (χ1) is 6.65. The maximum Gasteiger partial charge on any atom is 0.225 e. The van der Waals surface area contributed by atoms with Gasteiger partial charge in [-0.15, -0.1) is 0 Å². The van der Waals surface area contributed by atoms with Crippen molar-refractivity contribution in [2.75, 3.05) is 13.2 Å². The molecular formula is C10H20N2O2. The fourth-order valence-electron chi connectivity index (χ4n) is 1.58. The van der Waals surface area contributed by atoms with E-state index in [2.05, 4.69) is 5.32 Å². The lowest BCUT2D eigenvalue weighted by Crippen LogP contribution is -2.41. The summed E-state index contributed by atoms with van der Waals surface area (Å²) in [4.78, 5) is 11.6. The summed E-state index contributed by atoms with van der Waals surface area (Å²) in [5.41, 5.74) is 5.71. The van der Waals surface area contributed by atoms with Crippen molar-refractivity contribution >= 4 is 5.91 Å². The van der Waals surface area contributed by atoms with Gasteiger partial charge >= 0.3 is 0 Å². The Bertz CT molecular complexity index is 197. The summed E-state index contributed by atoms with van der Waals surface area (Å²) in [7, 11) is 0. The fraction of sp³-hybridized carbons (Fsp3) is 0.900. The fourth-order valence-corrected chi connectivity index (χ4v) is 1.58. The molecular weight excluding hydrogens is 180 g/mol. The number of rotatable bonds is 4. The normalized spacial score (nSPS) is 28.8. The molecule has 3 unspecified atom stereocenters. The molecule has 1 rings (SSSR count). The third-order valence-electron chi connectivity index (χ3n) is 2.78. The van der Waals surface area contributed by atoms with Crippen LogP contribution in [0, 0.1) is 5.92 Å². The van der Waals surface area contributed by atoms with Crippen LogP contribution in [0.15, 0.2) is 0 Å². The van der Waals surface area contributed by atoms with E-state index in [9.17, 15) is 4.79 Å². The Morgan fingerprint density at radius 2 is 2.43 bits per heavy atom. The molecule has 0 radical (unpaired) electrons.